The fourth-order valence-electron chi connectivity index (χ4n) is 2.32. The van der Waals surface area contributed by atoms with Crippen LogP contribution in [0, 0.1) is 20.8 Å². The van der Waals surface area contributed by atoms with Crippen molar-refractivity contribution in [3.8, 4) is 0 Å². The first-order valence-electron chi connectivity index (χ1n) is 6.48. The highest BCUT2D eigenvalue weighted by Gasteiger charge is 2.12. The summed E-state index contributed by atoms with van der Waals surface area (Å²) in [5, 5.41) is 6.29. The van der Waals surface area contributed by atoms with Gasteiger partial charge in [0.2, 0.25) is 0 Å². The molecule has 20 heavy (non-hydrogen) atoms. The molecule has 2 aromatic heterocycles. The number of fused-ring (bicyclic) bond motifs is 1. The van der Waals surface area contributed by atoms with E-state index in [1.54, 1.807) is 11.3 Å². The van der Waals surface area contributed by atoms with Crippen molar-refractivity contribution in [3.63, 3.8) is 0 Å². The van der Waals surface area contributed by atoms with Crippen LogP contribution in [0.3, 0.4) is 0 Å². The quantitative estimate of drug-likeness (QED) is 0.767. The predicted octanol–water partition coefficient (Wildman–Crippen LogP) is 4.59. The molecule has 0 saturated heterocycles. The van der Waals surface area contributed by atoms with Crippen LogP contribution in [-0.4, -0.2) is 9.38 Å². The Balaban J connectivity index is 1.90. The molecule has 1 N–H and O–H groups in total. The maximum atomic E-state index is 6.25. The van der Waals surface area contributed by atoms with Gasteiger partial charge < -0.3 is 5.32 Å². The van der Waals surface area contributed by atoms with Gasteiger partial charge >= 0.3 is 0 Å². The topological polar surface area (TPSA) is 29.3 Å². The summed E-state index contributed by atoms with van der Waals surface area (Å²) in [5.41, 5.74) is 5.60. The summed E-state index contributed by atoms with van der Waals surface area (Å²) < 4.78 is 2.20. The lowest BCUT2D eigenvalue weighted by Gasteiger charge is -2.09. The largest absolute Gasteiger partial charge is 0.378 e. The first kappa shape index (κ1) is 13.5. The average Bonchev–Trinajstić information content (AvgIpc) is 2.89. The van der Waals surface area contributed by atoms with E-state index in [-0.39, 0.29) is 0 Å². The molecule has 3 nitrogen and oxygen atoms in total. The summed E-state index contributed by atoms with van der Waals surface area (Å²) in [5.74, 6) is 0. The summed E-state index contributed by atoms with van der Waals surface area (Å²) >= 11 is 7.93. The number of thiazole rings is 1. The minimum atomic E-state index is 0.716. The second-order valence-electron chi connectivity index (χ2n) is 4.98. The van der Waals surface area contributed by atoms with Crippen LogP contribution in [0.25, 0.3) is 4.96 Å². The monoisotopic (exact) mass is 305 g/mol. The van der Waals surface area contributed by atoms with E-state index in [2.05, 4.69) is 33.1 Å². The zero-order chi connectivity index (χ0) is 14.3. The van der Waals surface area contributed by atoms with E-state index in [0.717, 1.165) is 26.9 Å². The second-order valence-corrected chi connectivity index (χ2v) is 6.22. The van der Waals surface area contributed by atoms with Crippen molar-refractivity contribution in [1.29, 1.82) is 0 Å². The van der Waals surface area contributed by atoms with E-state index in [0.29, 0.717) is 6.54 Å². The van der Waals surface area contributed by atoms with Crippen LogP contribution < -0.4 is 5.32 Å². The van der Waals surface area contributed by atoms with Crippen LogP contribution in [0.4, 0.5) is 5.69 Å². The van der Waals surface area contributed by atoms with Gasteiger partial charge in [-0.2, -0.15) is 0 Å². The van der Waals surface area contributed by atoms with E-state index < -0.39 is 0 Å². The summed E-state index contributed by atoms with van der Waals surface area (Å²) in [6.07, 6.45) is 0. The third kappa shape index (κ3) is 2.30. The molecule has 0 saturated carbocycles. The third-order valence-electron chi connectivity index (χ3n) is 3.40. The molecule has 5 heteroatoms. The zero-order valence-electron chi connectivity index (χ0n) is 11.7. The number of rotatable bonds is 3. The lowest BCUT2D eigenvalue weighted by molar-refractivity contribution is 0.966. The standard InChI is InChI=1S/C15H16ClN3S/c1-9-4-5-13(12(16)6-9)17-7-14-11(3)18-15-19(14)10(2)8-20-15/h4-6,8,17H,7H2,1-3H3. The molecule has 0 aliphatic carbocycles. The van der Waals surface area contributed by atoms with E-state index >= 15 is 0 Å². The van der Waals surface area contributed by atoms with Crippen LogP contribution in [-0.2, 0) is 6.54 Å². The van der Waals surface area contributed by atoms with E-state index in [9.17, 15) is 0 Å². The van der Waals surface area contributed by atoms with Crippen LogP contribution in [0.2, 0.25) is 5.02 Å². The molecule has 0 spiro atoms. The van der Waals surface area contributed by atoms with Crippen LogP contribution in [0.1, 0.15) is 22.6 Å². The Morgan fingerprint density at radius 2 is 2.10 bits per heavy atom. The highest BCUT2D eigenvalue weighted by molar-refractivity contribution is 7.15. The van der Waals surface area contributed by atoms with Crippen LogP contribution >= 0.6 is 22.9 Å². The van der Waals surface area contributed by atoms with Crippen molar-refractivity contribution in [3.05, 3.63) is 51.2 Å². The molecule has 0 bridgehead atoms. The number of hydrogen-bond acceptors (Lipinski definition) is 3. The summed E-state index contributed by atoms with van der Waals surface area (Å²) in [7, 11) is 0. The molecule has 1 aromatic carbocycles. The fraction of sp³-hybridized carbons (Fsp3) is 0.267. The number of anilines is 1. The minimum Gasteiger partial charge on any atom is -0.378 e. The van der Waals surface area contributed by atoms with Crippen molar-refractivity contribution in [1.82, 2.24) is 9.38 Å². The Kier molecular flexibility index (Phi) is 3.44. The van der Waals surface area contributed by atoms with E-state index in [4.69, 9.17) is 11.6 Å². The molecule has 0 amide bonds. The highest BCUT2D eigenvalue weighted by atomic mass is 35.5. The Bertz CT molecular complexity index is 773. The van der Waals surface area contributed by atoms with Gasteiger partial charge in [-0.15, -0.1) is 11.3 Å². The molecule has 0 fully saturated rings. The van der Waals surface area contributed by atoms with Gasteiger partial charge in [0.25, 0.3) is 0 Å². The lowest BCUT2D eigenvalue weighted by Crippen LogP contribution is -2.05. The van der Waals surface area contributed by atoms with Gasteiger partial charge in [-0.25, -0.2) is 4.98 Å². The van der Waals surface area contributed by atoms with Crippen molar-refractivity contribution < 1.29 is 0 Å². The SMILES string of the molecule is Cc1ccc(NCc2c(C)nc3scc(C)n23)c(Cl)c1. The Labute approximate surface area is 127 Å². The van der Waals surface area contributed by atoms with E-state index in [1.165, 1.54) is 11.4 Å². The first-order valence-corrected chi connectivity index (χ1v) is 7.74. The van der Waals surface area contributed by atoms with Gasteiger partial charge in [0.1, 0.15) is 0 Å². The first-order chi connectivity index (χ1) is 9.56. The van der Waals surface area contributed by atoms with Crippen LogP contribution in [0.15, 0.2) is 23.6 Å². The number of aromatic nitrogens is 2. The van der Waals surface area contributed by atoms with Crippen molar-refractivity contribution in [2.45, 2.75) is 27.3 Å². The number of halogens is 1. The Morgan fingerprint density at radius 3 is 2.85 bits per heavy atom. The number of hydrogen-bond donors (Lipinski definition) is 1. The van der Waals surface area contributed by atoms with Gasteiger partial charge in [-0.05, 0) is 38.5 Å². The molecular formula is C15H16ClN3S. The molecule has 0 radical (unpaired) electrons. The van der Waals surface area contributed by atoms with Gasteiger partial charge in [-0.1, -0.05) is 17.7 Å². The van der Waals surface area contributed by atoms with Crippen molar-refractivity contribution in [2.75, 3.05) is 5.32 Å². The van der Waals surface area contributed by atoms with Gasteiger partial charge in [0.05, 0.1) is 28.6 Å². The van der Waals surface area contributed by atoms with Gasteiger partial charge in [0.15, 0.2) is 4.96 Å². The number of aryl methyl sites for hydroxylation is 3. The summed E-state index contributed by atoms with van der Waals surface area (Å²) in [6, 6.07) is 6.05. The maximum Gasteiger partial charge on any atom is 0.194 e. The smallest absolute Gasteiger partial charge is 0.194 e. The van der Waals surface area contributed by atoms with Crippen molar-refractivity contribution >= 4 is 33.6 Å². The second kappa shape index (κ2) is 5.11. The number of nitrogens with one attached hydrogen (secondary N) is 1. The number of imidazole rings is 1. The average molecular weight is 306 g/mol. The fourth-order valence-corrected chi connectivity index (χ4v) is 3.55. The van der Waals surface area contributed by atoms with Gasteiger partial charge in [-0.3, -0.25) is 4.40 Å². The zero-order valence-corrected chi connectivity index (χ0v) is 13.3. The van der Waals surface area contributed by atoms with Crippen LogP contribution in [0.5, 0.6) is 0 Å². The molecule has 0 atom stereocenters. The molecule has 0 unspecified atom stereocenters. The summed E-state index contributed by atoms with van der Waals surface area (Å²) in [4.78, 5) is 5.64. The molecule has 3 aromatic rings. The molecule has 104 valence electrons. The molecular weight excluding hydrogens is 290 g/mol. The van der Waals surface area contributed by atoms with E-state index in [1.807, 2.05) is 26.0 Å². The predicted molar refractivity (Wildman–Crippen MR) is 86.1 cm³/mol. The lowest BCUT2D eigenvalue weighted by atomic mass is 10.2. The maximum absolute atomic E-state index is 6.25. The number of nitrogens with zero attached hydrogens (tertiary/aromatic N) is 2. The molecule has 3 rings (SSSR count). The minimum absolute atomic E-state index is 0.716. The third-order valence-corrected chi connectivity index (χ3v) is 4.66. The highest BCUT2D eigenvalue weighted by Crippen LogP contribution is 2.25. The summed E-state index contributed by atoms with van der Waals surface area (Å²) in [6.45, 7) is 6.91. The molecule has 0 aliphatic rings. The van der Waals surface area contributed by atoms with Gasteiger partial charge in [0, 0.05) is 11.1 Å². The Morgan fingerprint density at radius 1 is 1.30 bits per heavy atom. The normalized spacial score (nSPS) is 11.2. The molecule has 0 aliphatic heterocycles. The number of benzene rings is 1. The van der Waals surface area contributed by atoms with Crippen molar-refractivity contribution in [2.24, 2.45) is 0 Å². The molecule has 2 heterocycles. The Hall–Kier alpha value is -1.52.